The van der Waals surface area contributed by atoms with Crippen molar-refractivity contribution in [2.24, 2.45) is 0 Å². The Labute approximate surface area is 210 Å². The Morgan fingerprint density at radius 2 is 1.31 bits per heavy atom. The van der Waals surface area contributed by atoms with Gasteiger partial charge in [0.25, 0.3) is 0 Å². The quantitative estimate of drug-likeness (QED) is 0.242. The molecule has 0 fully saturated rings. The van der Waals surface area contributed by atoms with Crippen LogP contribution in [0.1, 0.15) is 23.6 Å². The maximum atomic E-state index is 11.3. The molecule has 0 aliphatic carbocycles. The van der Waals surface area contributed by atoms with E-state index in [1.165, 1.54) is 54.9 Å². The smallest absolute Gasteiger partial charge is 0.221 e. The summed E-state index contributed by atoms with van der Waals surface area (Å²) in [5.74, 6) is -0.0672. The Bertz CT molecular complexity index is 1480. The summed E-state index contributed by atoms with van der Waals surface area (Å²) in [4.78, 5) is 13.9. The fraction of sp³-hybridized carbons (Fsp3) is 0.129. The number of amides is 1. The lowest BCUT2D eigenvalue weighted by atomic mass is 9.96. The van der Waals surface area contributed by atoms with Crippen molar-refractivity contribution in [2.75, 3.05) is 10.6 Å². The van der Waals surface area contributed by atoms with Gasteiger partial charge in [-0.25, -0.2) is 0 Å². The molecule has 5 aromatic rings. The lowest BCUT2D eigenvalue weighted by molar-refractivity contribution is -0.114. The molecule has 0 spiro atoms. The zero-order valence-electron chi connectivity index (χ0n) is 20.2. The van der Waals surface area contributed by atoms with E-state index in [4.69, 9.17) is 0 Å². The third-order valence-electron chi connectivity index (χ3n) is 6.21. The molecule has 0 aliphatic rings. The molecule has 0 unspecified atom stereocenters. The van der Waals surface area contributed by atoms with Gasteiger partial charge in [0.05, 0.1) is 0 Å². The summed E-state index contributed by atoms with van der Waals surface area (Å²) in [6, 6.07) is 31.9. The molecule has 0 saturated carbocycles. The van der Waals surface area contributed by atoms with Crippen LogP contribution in [0.5, 0.6) is 0 Å². The first-order valence-corrected chi connectivity index (χ1v) is 12.6. The summed E-state index contributed by atoms with van der Waals surface area (Å²) >= 11 is 1.86. The van der Waals surface area contributed by atoms with E-state index >= 15 is 0 Å². The van der Waals surface area contributed by atoms with Crippen molar-refractivity contribution in [1.29, 1.82) is 0 Å². The van der Waals surface area contributed by atoms with E-state index in [-0.39, 0.29) is 5.91 Å². The molecule has 0 heterocycles. The van der Waals surface area contributed by atoms with Crippen molar-refractivity contribution < 1.29 is 4.79 Å². The van der Waals surface area contributed by atoms with Crippen LogP contribution >= 0.6 is 11.8 Å². The van der Waals surface area contributed by atoms with Gasteiger partial charge in [0, 0.05) is 34.6 Å². The summed E-state index contributed by atoms with van der Waals surface area (Å²) in [7, 11) is 0. The number of carbonyl (C=O) groups excluding carboxylic acids is 1. The van der Waals surface area contributed by atoms with E-state index in [1.807, 2.05) is 36.0 Å². The second-order valence-electron chi connectivity index (χ2n) is 8.88. The minimum atomic E-state index is -0.0672. The largest absolute Gasteiger partial charge is 0.381 e. The van der Waals surface area contributed by atoms with E-state index in [1.54, 1.807) is 0 Å². The Morgan fingerprint density at radius 1 is 0.743 bits per heavy atom. The van der Waals surface area contributed by atoms with Gasteiger partial charge in [-0.2, -0.15) is 0 Å². The molecule has 0 radical (unpaired) electrons. The minimum Gasteiger partial charge on any atom is -0.381 e. The molecule has 174 valence electrons. The predicted octanol–water partition coefficient (Wildman–Crippen LogP) is 8.33. The van der Waals surface area contributed by atoms with Gasteiger partial charge in [-0.15, -0.1) is 0 Å². The number of rotatable bonds is 6. The van der Waals surface area contributed by atoms with Crippen molar-refractivity contribution in [3.05, 3.63) is 108 Å². The molecule has 35 heavy (non-hydrogen) atoms. The van der Waals surface area contributed by atoms with Crippen LogP contribution < -0.4 is 10.6 Å². The average Bonchev–Trinajstić information content (AvgIpc) is 2.85. The van der Waals surface area contributed by atoms with Gasteiger partial charge >= 0.3 is 0 Å². The fourth-order valence-electron chi connectivity index (χ4n) is 4.57. The van der Waals surface area contributed by atoms with Gasteiger partial charge in [0.2, 0.25) is 5.91 Å². The lowest BCUT2D eigenvalue weighted by Crippen LogP contribution is -2.06. The first kappa shape index (κ1) is 23.0. The molecule has 0 bridgehead atoms. The standard InChI is InChI=1S/C31H28N2OS/c1-20-12-17-30(21(2)18-20)35-31-27-10-6-4-8-25(27)29(26-9-5-7-11-28(26)31)19-32-23-13-15-24(16-14-23)33-22(3)34/h4-18,32H,19H2,1-3H3,(H,33,34). The van der Waals surface area contributed by atoms with Crippen LogP contribution in [0.3, 0.4) is 0 Å². The highest BCUT2D eigenvalue weighted by molar-refractivity contribution is 7.99. The van der Waals surface area contributed by atoms with Crippen LogP contribution in [0.15, 0.2) is 101 Å². The van der Waals surface area contributed by atoms with Crippen LogP contribution in [0.25, 0.3) is 21.5 Å². The van der Waals surface area contributed by atoms with Gasteiger partial charge < -0.3 is 10.6 Å². The fourth-order valence-corrected chi connectivity index (χ4v) is 5.72. The van der Waals surface area contributed by atoms with Crippen LogP contribution in [0.2, 0.25) is 0 Å². The molecule has 0 aliphatic heterocycles. The number of aryl methyl sites for hydroxylation is 2. The summed E-state index contributed by atoms with van der Waals surface area (Å²) in [5, 5.41) is 11.5. The molecule has 0 atom stereocenters. The van der Waals surface area contributed by atoms with Gasteiger partial charge in [-0.1, -0.05) is 78.0 Å². The van der Waals surface area contributed by atoms with E-state index in [0.717, 1.165) is 11.4 Å². The summed E-state index contributed by atoms with van der Waals surface area (Å²) in [6.45, 7) is 6.55. The van der Waals surface area contributed by atoms with Gasteiger partial charge in [0.1, 0.15) is 0 Å². The first-order valence-electron chi connectivity index (χ1n) is 11.8. The molecular formula is C31H28N2OS. The maximum Gasteiger partial charge on any atom is 0.221 e. The van der Waals surface area contributed by atoms with Gasteiger partial charge in [-0.3, -0.25) is 4.79 Å². The van der Waals surface area contributed by atoms with Crippen LogP contribution in [-0.4, -0.2) is 5.91 Å². The highest BCUT2D eigenvalue weighted by atomic mass is 32.2. The van der Waals surface area contributed by atoms with E-state index in [0.29, 0.717) is 6.54 Å². The number of nitrogens with one attached hydrogen (secondary N) is 2. The van der Waals surface area contributed by atoms with Crippen LogP contribution in [-0.2, 0) is 11.3 Å². The van der Waals surface area contributed by atoms with Crippen LogP contribution in [0, 0.1) is 13.8 Å². The van der Waals surface area contributed by atoms with Crippen molar-refractivity contribution in [2.45, 2.75) is 37.1 Å². The zero-order chi connectivity index (χ0) is 24.4. The minimum absolute atomic E-state index is 0.0672. The summed E-state index contributed by atoms with van der Waals surface area (Å²) in [5.41, 5.74) is 5.68. The van der Waals surface area contributed by atoms with Gasteiger partial charge in [-0.05, 0) is 76.9 Å². The maximum absolute atomic E-state index is 11.3. The van der Waals surface area contributed by atoms with Crippen molar-refractivity contribution in [3.63, 3.8) is 0 Å². The first-order chi connectivity index (χ1) is 17.0. The molecule has 4 heteroatoms. The second kappa shape index (κ2) is 9.85. The summed E-state index contributed by atoms with van der Waals surface area (Å²) in [6.07, 6.45) is 0. The van der Waals surface area contributed by atoms with E-state index < -0.39 is 0 Å². The van der Waals surface area contributed by atoms with E-state index in [9.17, 15) is 4.79 Å². The average molecular weight is 477 g/mol. The molecule has 5 rings (SSSR count). The summed E-state index contributed by atoms with van der Waals surface area (Å²) < 4.78 is 0. The molecule has 0 saturated heterocycles. The highest BCUT2D eigenvalue weighted by Crippen LogP contribution is 2.42. The predicted molar refractivity (Wildman–Crippen MR) is 150 cm³/mol. The second-order valence-corrected chi connectivity index (χ2v) is 9.93. The number of anilines is 2. The third kappa shape index (κ3) is 4.89. The molecule has 2 N–H and O–H groups in total. The van der Waals surface area contributed by atoms with Crippen molar-refractivity contribution >= 4 is 50.6 Å². The van der Waals surface area contributed by atoms with Crippen LogP contribution in [0.4, 0.5) is 11.4 Å². The Morgan fingerprint density at radius 3 is 1.89 bits per heavy atom. The Hall–Kier alpha value is -3.76. The van der Waals surface area contributed by atoms with Gasteiger partial charge in [0.15, 0.2) is 0 Å². The molecule has 1 amide bonds. The molecular weight excluding hydrogens is 448 g/mol. The number of carbonyl (C=O) groups is 1. The highest BCUT2D eigenvalue weighted by Gasteiger charge is 2.15. The zero-order valence-corrected chi connectivity index (χ0v) is 21.0. The topological polar surface area (TPSA) is 41.1 Å². The monoisotopic (exact) mass is 476 g/mol. The normalized spacial score (nSPS) is 11.1. The number of benzene rings is 5. The lowest BCUT2D eigenvalue weighted by Gasteiger charge is -2.18. The number of fused-ring (bicyclic) bond motifs is 2. The molecule has 5 aromatic carbocycles. The van der Waals surface area contributed by atoms with E-state index in [2.05, 4.69) is 91.2 Å². The Kier molecular flexibility index (Phi) is 6.47. The van der Waals surface area contributed by atoms with Crippen molar-refractivity contribution in [3.8, 4) is 0 Å². The number of hydrogen-bond acceptors (Lipinski definition) is 3. The Balaban J connectivity index is 1.56. The molecule has 3 nitrogen and oxygen atoms in total. The molecule has 0 aromatic heterocycles. The SMILES string of the molecule is CC(=O)Nc1ccc(NCc2c3ccccc3c(Sc3ccc(C)cc3C)c3ccccc23)cc1. The van der Waals surface area contributed by atoms with Crippen molar-refractivity contribution in [1.82, 2.24) is 0 Å². The number of hydrogen-bond donors (Lipinski definition) is 2. The third-order valence-corrected chi connectivity index (χ3v) is 7.53.